The van der Waals surface area contributed by atoms with Gasteiger partial charge in [0, 0.05) is 31.4 Å². The number of esters is 1. The van der Waals surface area contributed by atoms with E-state index in [0.717, 1.165) is 64.2 Å². The summed E-state index contributed by atoms with van der Waals surface area (Å²) in [5.41, 5.74) is 4.71. The van der Waals surface area contributed by atoms with Crippen molar-refractivity contribution in [2.75, 3.05) is 33.0 Å². The highest BCUT2D eigenvalue weighted by Crippen LogP contribution is 2.45. The van der Waals surface area contributed by atoms with Gasteiger partial charge in [0.05, 0.1) is 38.1 Å². The molecule has 2 heterocycles. The number of ether oxygens (including phenoxy) is 5. The zero-order valence-corrected chi connectivity index (χ0v) is 35.1. The van der Waals surface area contributed by atoms with Gasteiger partial charge in [-0.1, -0.05) is 132 Å². The van der Waals surface area contributed by atoms with Crippen LogP contribution in [0.4, 0.5) is 4.79 Å². The van der Waals surface area contributed by atoms with Crippen LogP contribution in [0.1, 0.15) is 152 Å². The number of aliphatic hydroxyl groups excluding tert-OH is 2. The summed E-state index contributed by atoms with van der Waals surface area (Å²) in [7, 11) is 0. The molecule has 2 fully saturated rings. The lowest BCUT2D eigenvalue weighted by molar-refractivity contribution is -0.214. The zero-order valence-electron chi connectivity index (χ0n) is 35.1. The maximum absolute atomic E-state index is 12.6. The molecule has 58 heavy (non-hydrogen) atoms. The van der Waals surface area contributed by atoms with Crippen LogP contribution in [-0.2, 0) is 28.5 Å². The van der Waals surface area contributed by atoms with E-state index in [0.29, 0.717) is 13.2 Å². The van der Waals surface area contributed by atoms with Gasteiger partial charge >= 0.3 is 12.1 Å². The number of benzene rings is 2. The standard InChI is InChI=1S/C48H71NO9/c1-2-55-45(52)29-17-13-12-16-28-44-46-43(51)30-32-48(57-44,58-46)31-22-14-10-8-6-4-3-5-7-9-11-15-23-33-54-35-37(34-50)49-47(53)56-36-42-40-26-20-18-24-38(40)39-25-19-21-27-41(39)42/h17-21,24-27,29,37,42-44,46,50-51H,2-16,22-23,28,30-36H2,1H3,(H,49,53)/b29-17+/t37-,43-,44-,46-,48-/m1/s1. The van der Waals surface area contributed by atoms with Crippen molar-refractivity contribution in [2.45, 2.75) is 171 Å². The van der Waals surface area contributed by atoms with Crippen molar-refractivity contribution in [1.29, 1.82) is 0 Å². The second kappa shape index (κ2) is 25.4. The van der Waals surface area contributed by atoms with Crippen LogP contribution >= 0.6 is 0 Å². The molecule has 2 saturated heterocycles. The first-order valence-corrected chi connectivity index (χ1v) is 22.6. The van der Waals surface area contributed by atoms with Gasteiger partial charge in [0.1, 0.15) is 12.7 Å². The number of unbranched alkanes of at least 4 members (excludes halogenated alkanes) is 14. The molecule has 0 saturated carbocycles. The second-order valence-corrected chi connectivity index (χ2v) is 16.5. The molecule has 0 radical (unpaired) electrons. The third-order valence-corrected chi connectivity index (χ3v) is 12.0. The average molecular weight is 806 g/mol. The minimum atomic E-state index is -0.535. The summed E-state index contributed by atoms with van der Waals surface area (Å²) in [6.45, 7) is 3.12. The van der Waals surface area contributed by atoms with Crippen molar-refractivity contribution in [3.8, 4) is 11.1 Å². The van der Waals surface area contributed by atoms with Gasteiger partial charge in [-0.25, -0.2) is 9.59 Å². The Morgan fingerprint density at radius 2 is 1.45 bits per heavy atom. The van der Waals surface area contributed by atoms with Crippen LogP contribution in [0.5, 0.6) is 0 Å². The number of hydrogen-bond donors (Lipinski definition) is 3. The molecule has 322 valence electrons. The number of amides is 1. The number of allylic oxidation sites excluding steroid dienone is 1. The predicted octanol–water partition coefficient (Wildman–Crippen LogP) is 9.68. The highest BCUT2D eigenvalue weighted by Gasteiger charge is 2.52. The van der Waals surface area contributed by atoms with Crippen LogP contribution in [-0.4, -0.2) is 85.5 Å². The van der Waals surface area contributed by atoms with Gasteiger partial charge in [-0.3, -0.25) is 0 Å². The third kappa shape index (κ3) is 14.5. The fraction of sp³-hybridized carbons (Fsp3) is 0.667. The lowest BCUT2D eigenvalue weighted by Crippen LogP contribution is -2.41. The fourth-order valence-corrected chi connectivity index (χ4v) is 8.83. The normalized spacial score (nSPS) is 21.5. The lowest BCUT2D eigenvalue weighted by Gasteiger charge is -2.33. The van der Waals surface area contributed by atoms with Gasteiger partial charge in [0.2, 0.25) is 0 Å². The van der Waals surface area contributed by atoms with Crippen LogP contribution in [0, 0.1) is 0 Å². The molecular weight excluding hydrogens is 735 g/mol. The Morgan fingerprint density at radius 3 is 2.09 bits per heavy atom. The predicted molar refractivity (Wildman–Crippen MR) is 226 cm³/mol. The van der Waals surface area contributed by atoms with Gasteiger partial charge < -0.3 is 39.2 Å². The van der Waals surface area contributed by atoms with Crippen molar-refractivity contribution in [2.24, 2.45) is 0 Å². The Kier molecular flexibility index (Phi) is 20.0. The van der Waals surface area contributed by atoms with E-state index in [2.05, 4.69) is 29.6 Å². The Hall–Kier alpha value is -3.28. The highest BCUT2D eigenvalue weighted by atomic mass is 16.8. The van der Waals surface area contributed by atoms with Gasteiger partial charge in [0.25, 0.3) is 0 Å². The number of hydrogen-bond acceptors (Lipinski definition) is 9. The molecule has 3 N–H and O–H groups in total. The van der Waals surface area contributed by atoms with E-state index in [1.807, 2.05) is 30.3 Å². The van der Waals surface area contributed by atoms with Gasteiger partial charge in [-0.2, -0.15) is 0 Å². The molecule has 3 aliphatic rings. The summed E-state index contributed by atoms with van der Waals surface area (Å²) in [4.78, 5) is 24.0. The second-order valence-electron chi connectivity index (χ2n) is 16.5. The number of fused-ring (bicyclic) bond motifs is 5. The molecule has 5 rings (SSSR count). The topological polar surface area (TPSA) is 133 Å². The number of carbonyl (C=O) groups is 2. The average Bonchev–Trinajstić information content (AvgIpc) is 3.72. The van der Waals surface area contributed by atoms with Crippen molar-refractivity contribution in [1.82, 2.24) is 5.32 Å². The number of aliphatic hydroxyl groups is 2. The summed E-state index contributed by atoms with van der Waals surface area (Å²) in [5, 5.41) is 23.1. The summed E-state index contributed by atoms with van der Waals surface area (Å²) in [6.07, 6.45) is 24.0. The number of rotatable bonds is 29. The van der Waals surface area contributed by atoms with Gasteiger partial charge in [-0.05, 0) is 67.7 Å². The smallest absolute Gasteiger partial charge is 0.407 e. The van der Waals surface area contributed by atoms with E-state index in [4.69, 9.17) is 23.7 Å². The van der Waals surface area contributed by atoms with E-state index in [9.17, 15) is 19.8 Å². The third-order valence-electron chi connectivity index (χ3n) is 12.0. The molecule has 10 heteroatoms. The van der Waals surface area contributed by atoms with Gasteiger partial charge in [0.15, 0.2) is 5.79 Å². The minimum Gasteiger partial charge on any atom is -0.463 e. The van der Waals surface area contributed by atoms with E-state index in [-0.39, 0.29) is 43.9 Å². The van der Waals surface area contributed by atoms with E-state index >= 15 is 0 Å². The Morgan fingerprint density at radius 1 is 0.828 bits per heavy atom. The molecule has 0 spiro atoms. The minimum absolute atomic E-state index is 0.00135. The van der Waals surface area contributed by atoms with E-state index in [1.54, 1.807) is 6.92 Å². The SMILES string of the molecule is CCOC(=O)/C=C/CCCC[C@H]1O[C@@]2(CCCCCCCCCCCCCCCOC[C@@H](CO)NC(=O)OCC3c4ccccc4-c4ccccc43)CC[C@@H](O)[C@H]1O2. The Bertz CT molecular complexity index is 1490. The summed E-state index contributed by atoms with van der Waals surface area (Å²) in [5.74, 6) is -0.801. The zero-order chi connectivity index (χ0) is 40.8. The van der Waals surface area contributed by atoms with Crippen LogP contribution < -0.4 is 5.32 Å². The van der Waals surface area contributed by atoms with Crippen molar-refractivity contribution in [3.63, 3.8) is 0 Å². The first kappa shape index (κ1) is 45.8. The molecule has 1 aliphatic carbocycles. The Labute approximate surface area is 347 Å². The van der Waals surface area contributed by atoms with E-state index < -0.39 is 24.0 Å². The molecule has 0 unspecified atom stereocenters. The van der Waals surface area contributed by atoms with Crippen LogP contribution in [0.2, 0.25) is 0 Å². The van der Waals surface area contributed by atoms with Crippen LogP contribution in [0.25, 0.3) is 11.1 Å². The summed E-state index contributed by atoms with van der Waals surface area (Å²) < 4.78 is 29.2. The molecule has 2 aromatic carbocycles. The number of nitrogens with one attached hydrogen (secondary N) is 1. The monoisotopic (exact) mass is 806 g/mol. The molecule has 2 aromatic rings. The maximum Gasteiger partial charge on any atom is 0.407 e. The fourth-order valence-electron chi connectivity index (χ4n) is 8.83. The lowest BCUT2D eigenvalue weighted by atomic mass is 9.94. The first-order valence-electron chi connectivity index (χ1n) is 22.6. The van der Waals surface area contributed by atoms with Crippen molar-refractivity contribution in [3.05, 3.63) is 71.8 Å². The molecule has 1 amide bonds. The van der Waals surface area contributed by atoms with Crippen LogP contribution in [0.15, 0.2) is 60.7 Å². The van der Waals surface area contributed by atoms with E-state index in [1.165, 1.54) is 92.5 Å². The largest absolute Gasteiger partial charge is 0.463 e. The molecular formula is C48H71NO9. The highest BCUT2D eigenvalue weighted by molar-refractivity contribution is 5.81. The maximum atomic E-state index is 12.6. The Balaban J connectivity index is 0.798. The molecule has 2 bridgehead atoms. The summed E-state index contributed by atoms with van der Waals surface area (Å²) in [6, 6.07) is 16.0. The van der Waals surface area contributed by atoms with Crippen LogP contribution in [0.3, 0.4) is 0 Å². The molecule has 10 nitrogen and oxygen atoms in total. The van der Waals surface area contributed by atoms with Gasteiger partial charge in [-0.15, -0.1) is 0 Å². The first-order chi connectivity index (χ1) is 28.4. The summed E-state index contributed by atoms with van der Waals surface area (Å²) >= 11 is 0. The van der Waals surface area contributed by atoms with Crippen molar-refractivity contribution >= 4 is 12.1 Å². The number of carbonyl (C=O) groups excluding carboxylic acids is 2. The van der Waals surface area contributed by atoms with Crippen molar-refractivity contribution < 1.29 is 43.5 Å². The molecule has 5 atom stereocenters. The molecule has 0 aromatic heterocycles. The molecule has 2 aliphatic heterocycles. The number of alkyl carbamates (subject to hydrolysis) is 1. The quantitative estimate of drug-likeness (QED) is 0.0418.